The van der Waals surface area contributed by atoms with Gasteiger partial charge >= 0.3 is 0 Å². The summed E-state index contributed by atoms with van der Waals surface area (Å²) >= 11 is -1.18. The molecule has 0 N–H and O–H groups in total. The van der Waals surface area contributed by atoms with Crippen LogP contribution in [0.1, 0.15) is 0 Å². The molecule has 7 heterocycles. The number of carbonyl (C=O) groups is 2. The van der Waals surface area contributed by atoms with E-state index in [2.05, 4.69) is 51.0 Å². The summed E-state index contributed by atoms with van der Waals surface area (Å²) in [4.78, 5) is 27.3. The molecule has 716 valence electrons. The van der Waals surface area contributed by atoms with Gasteiger partial charge in [0, 0.05) is 99.5 Å². The number of carboxylic acids is 2. The lowest BCUT2D eigenvalue weighted by Crippen LogP contribution is -2.70. The van der Waals surface area contributed by atoms with E-state index < -0.39 is 292 Å². The second-order valence-corrected chi connectivity index (χ2v) is 29.6. The van der Waals surface area contributed by atoms with Crippen molar-refractivity contribution in [2.45, 2.75) is 215 Å². The molecule has 0 aliphatic carbocycles. The Hall–Kier alpha value is -1.45. The zero-order valence-corrected chi connectivity index (χ0v) is 71.4. The molecule has 0 amide bonds. The molecule has 0 aromatic rings. The molecule has 7 aliphatic rings. The first kappa shape index (κ1) is 108. The highest BCUT2D eigenvalue weighted by molar-refractivity contribution is 7.90. The van der Waals surface area contributed by atoms with Gasteiger partial charge in [0.05, 0.1) is 45.0 Å². The van der Waals surface area contributed by atoms with Crippen molar-refractivity contribution in [3.8, 4) is 0 Å². The van der Waals surface area contributed by atoms with Crippen LogP contribution >= 0.6 is 61.6 Å². The molecule has 7 aliphatic heterocycles. The van der Waals surface area contributed by atoms with Gasteiger partial charge < -0.3 is 183 Å². The number of methoxy groups -OCH3 is 14. The Bertz CT molecular complexity index is 3170. The van der Waals surface area contributed by atoms with Crippen molar-refractivity contribution in [2.75, 3.05) is 133 Å². The van der Waals surface area contributed by atoms with Gasteiger partial charge in [-0.2, -0.15) is 0 Å². The van der Waals surface area contributed by atoms with E-state index >= 15 is 0 Å². The Morgan fingerprint density at radius 3 is 0.803 bits per heavy atom. The zero-order chi connectivity index (χ0) is 89.5. The topological polar surface area (TPSA) is 716 Å². The van der Waals surface area contributed by atoms with Crippen LogP contribution in [0.25, 0.3) is 0 Å². The monoisotopic (exact) mass is 1930 g/mol. The summed E-state index contributed by atoms with van der Waals surface area (Å²) < 4.78 is 296. The minimum Gasteiger partial charge on any atom is -0.726 e. The second kappa shape index (κ2) is 54.5. The third-order valence-corrected chi connectivity index (χ3v) is 21.8. The van der Waals surface area contributed by atoms with E-state index in [1.165, 1.54) is 49.8 Å². The highest BCUT2D eigenvalue weighted by atomic mass is 32.3. The number of carbonyl (C=O) groups excluding carboxylic acids is 2. The standard InChI is InChI=1S/C56H96O59S7/c1-72-15-20-25(74-3)30(75-4)41(80-9)51(90-20)94-26-21(16-73-2)91-52(42(81-10)31(26)76-5)95-27-23(18-87-121(66,67)68)92-53(43(82-11)32(27)77-6)98-35-33(78-7)44(83-12)55(100-39(35)48(57)58)97-29-24(19-88-122(69,70)71)93-56(47(105-120-115-110-65)38(29)103-118-113-108-63)99-36-34(79-8)45(84-13)54(101-40(36)49(59)60)96-28-22(17-86-116-111-106-61)89-50(85-14)46(104-119-114-109-64)37(28)102-117-112-107-62/h20-47,50-56,61-65H,15-19H2,1-14H3,(H,57,58)(H,59,60)(H,66,67,68)(H,69,70,71)/p-9/t20-,21-,22?,23?,24-,25-,26-,27+,28+,29-,30?,31?,32+,33+,34?,35-,36+,37+,38?,39?,40-,41?,42?,43?,44?,45?,46?,47?,50-,51-,52-,53+,54+,55-,56-/m1/s1. The average Bonchev–Trinajstić information content (AvgIpc) is 0.794. The van der Waals surface area contributed by atoms with Crippen LogP contribution in [0, 0.1) is 0 Å². The first-order valence-corrected chi connectivity index (χ1v) is 40.5. The molecule has 0 aromatic carbocycles. The van der Waals surface area contributed by atoms with Crippen molar-refractivity contribution < 1.29 is 276 Å². The minimum atomic E-state index is -5.88. The molecule has 0 bridgehead atoms. The number of ether oxygens (including phenoxy) is 27. The summed E-state index contributed by atoms with van der Waals surface area (Å²) in [5.41, 5.74) is 0. The molecule has 7 saturated heterocycles. The summed E-state index contributed by atoms with van der Waals surface area (Å²) in [5.74, 6) is -4.41. The van der Waals surface area contributed by atoms with Crippen molar-refractivity contribution in [3.63, 3.8) is 0 Å². The normalized spacial score (nSPS) is 38.7. The number of hydrogen-bond donors (Lipinski definition) is 0. The lowest BCUT2D eigenvalue weighted by molar-refractivity contribution is -0.778. The fourth-order valence-electron chi connectivity index (χ4n) is 14.1. The van der Waals surface area contributed by atoms with Crippen molar-refractivity contribution in [1.82, 2.24) is 0 Å². The Morgan fingerprint density at radius 1 is 0.270 bits per heavy atom. The zero-order valence-electron chi connectivity index (χ0n) is 65.7. The van der Waals surface area contributed by atoms with Crippen LogP contribution in [0.15, 0.2) is 0 Å². The average molecular weight is 1930 g/mol. The molecule has 59 nitrogen and oxygen atoms in total. The number of carboxylic acid groups (broad SMARTS) is 2. The highest BCUT2D eigenvalue weighted by Gasteiger charge is 2.63. The van der Waals surface area contributed by atoms with Crippen molar-refractivity contribution >= 4 is 94.4 Å². The van der Waals surface area contributed by atoms with Crippen LogP contribution in [-0.2, 0) is 234 Å². The highest BCUT2D eigenvalue weighted by Crippen LogP contribution is 2.44. The van der Waals surface area contributed by atoms with Gasteiger partial charge in [0.15, 0.2) is 118 Å². The summed E-state index contributed by atoms with van der Waals surface area (Å²) in [7, 11) is 5.12. The summed E-state index contributed by atoms with van der Waals surface area (Å²) in [6.07, 6.45) is -62.5. The lowest BCUT2D eigenvalue weighted by Gasteiger charge is -2.52. The largest absolute Gasteiger partial charge is 0.726 e. The number of aliphatic carboxylic acids is 2. The van der Waals surface area contributed by atoms with E-state index in [0.29, 0.717) is 0 Å². The molecule has 7 fully saturated rings. The lowest BCUT2D eigenvalue weighted by atomic mass is 9.94. The van der Waals surface area contributed by atoms with Crippen LogP contribution in [0.2, 0.25) is 0 Å². The maximum Gasteiger partial charge on any atom is 0.217 e. The van der Waals surface area contributed by atoms with E-state index in [1.54, 1.807) is 0 Å². The first-order chi connectivity index (χ1) is 58.6. The molecule has 122 heavy (non-hydrogen) atoms. The molecule has 0 radical (unpaired) electrons. The predicted molar refractivity (Wildman–Crippen MR) is 355 cm³/mol. The van der Waals surface area contributed by atoms with Crippen molar-refractivity contribution in [3.05, 3.63) is 0 Å². The summed E-state index contributed by atoms with van der Waals surface area (Å²) in [6, 6.07) is 0. The van der Waals surface area contributed by atoms with Crippen LogP contribution in [-0.4, -0.2) is 385 Å². The van der Waals surface area contributed by atoms with Gasteiger partial charge in [-0.15, -0.1) is 21.7 Å². The molecule has 14 unspecified atom stereocenters. The molecular weight excluding hydrogens is 1840 g/mol. The van der Waals surface area contributed by atoms with Crippen LogP contribution in [0.4, 0.5) is 0 Å². The maximum atomic E-state index is 13.7. The van der Waals surface area contributed by atoms with Crippen molar-refractivity contribution in [2.24, 2.45) is 0 Å². The number of rotatable bonds is 57. The van der Waals surface area contributed by atoms with E-state index in [-0.39, 0.29) is 50.2 Å². The van der Waals surface area contributed by atoms with Gasteiger partial charge in [-0.05, 0) is 0 Å². The summed E-state index contributed by atoms with van der Waals surface area (Å²) in [6.45, 7) is -3.82. The second-order valence-electron chi connectivity index (χ2n) is 25.1. The van der Waals surface area contributed by atoms with E-state index in [1.807, 2.05) is 0 Å². The predicted octanol–water partition coefficient (Wildman–Crippen LogP) is -11.6. The number of hydrogen-bond acceptors (Lipinski definition) is 64. The fraction of sp³-hybridized carbons (Fsp3) is 0.964. The molecule has 66 heteroatoms. The Balaban J connectivity index is 1.23. The fourth-order valence-corrected chi connectivity index (χ4v) is 16.4. The Labute approximate surface area is 714 Å². The Kier molecular flexibility index (Phi) is 48.1. The molecule has 0 spiro atoms. The van der Waals surface area contributed by atoms with Gasteiger partial charge in [-0.25, -0.2) is 16.8 Å². The van der Waals surface area contributed by atoms with Gasteiger partial charge in [0.1, 0.15) is 159 Å². The van der Waals surface area contributed by atoms with Crippen LogP contribution in [0.5, 0.6) is 0 Å². The van der Waals surface area contributed by atoms with Gasteiger partial charge in [0.2, 0.25) is 20.8 Å². The first-order valence-electron chi connectivity index (χ1n) is 34.5. The quantitative estimate of drug-likeness (QED) is 0.0136. The van der Waals surface area contributed by atoms with Crippen molar-refractivity contribution in [1.29, 1.82) is 0 Å². The SMILES string of the molecule is COC[C@H]1O[C@H](O[C@H]2C(OC)C(OC)[C@@H](O[C@H]3C(COS(=O)(=O)[O-])O[C@@H](O[C@H]4C(C(=O)[O-])O[C@@H](O[C@H]5C(OSOO[O-])C(OSOO[O-])[C@@H](O[C@H]6C(OC)C(OC)[C@@H](O[C@H]7C(COSOO[O-])O[C@@H](OC)C(OSOO[O-])[C@H]7OSOO[O-])O[C@H]6C(=O)[O-])O[C@@H]5COS(=O)(=O)[O-])C(OC)[C@H]4OC)C(OC)[C@H]3OC)O[C@@H]2COC)C(OC)C(OC)[C@@H]1OC. The van der Waals surface area contributed by atoms with Gasteiger partial charge in [-0.3, -0.25) is 54.5 Å². The molecule has 0 saturated carbocycles. The Morgan fingerprint density at radius 2 is 0.508 bits per heavy atom. The van der Waals surface area contributed by atoms with Gasteiger partial charge in [0.25, 0.3) is 0 Å². The van der Waals surface area contributed by atoms with Gasteiger partial charge in [-0.1, -0.05) is 0 Å². The molecule has 7 rings (SSSR count). The smallest absolute Gasteiger partial charge is 0.217 e. The van der Waals surface area contributed by atoms with Crippen LogP contribution in [0.3, 0.4) is 0 Å². The summed E-state index contributed by atoms with van der Waals surface area (Å²) in [5, 5.41) is 99.4. The van der Waals surface area contributed by atoms with E-state index in [4.69, 9.17) is 153 Å². The van der Waals surface area contributed by atoms with E-state index in [9.17, 15) is 72.0 Å². The maximum absolute atomic E-state index is 13.7. The van der Waals surface area contributed by atoms with E-state index in [0.717, 1.165) is 49.8 Å². The minimum absolute atomic E-state index is 0.00542. The molecule has 35 atom stereocenters. The molecular formula is C56H87O59S7-9. The van der Waals surface area contributed by atoms with Crippen LogP contribution < -0.4 is 36.5 Å². The molecule has 0 aromatic heterocycles. The third-order valence-electron chi connectivity index (χ3n) is 19.0. The third kappa shape index (κ3) is 28.8.